The van der Waals surface area contributed by atoms with Crippen molar-refractivity contribution in [2.45, 2.75) is 155 Å². The summed E-state index contributed by atoms with van der Waals surface area (Å²) in [6, 6.07) is 14.3. The summed E-state index contributed by atoms with van der Waals surface area (Å²) >= 11 is 0. The molecule has 0 saturated carbocycles. The number of rotatable bonds is 3. The molecule has 3 saturated heterocycles. The van der Waals surface area contributed by atoms with Crippen LogP contribution < -0.4 is 0 Å². The molecular formula is C41H84N4O. The molecule has 4 heterocycles. The zero-order valence-corrected chi connectivity index (χ0v) is 34.3. The number of ether oxygens (including phenoxy) is 1. The average Bonchev–Trinajstić information content (AvgIpc) is 3.61. The predicted molar refractivity (Wildman–Crippen MR) is 212 cm³/mol. The summed E-state index contributed by atoms with van der Waals surface area (Å²) < 4.78 is 5.21. The van der Waals surface area contributed by atoms with Gasteiger partial charge in [-0.15, -0.1) is 0 Å². The minimum absolute atomic E-state index is 0.689. The maximum Gasteiger partial charge on any atom is 0.0701 e. The highest BCUT2D eigenvalue weighted by Crippen LogP contribution is 2.10. The molecule has 1 aromatic carbocycles. The number of hydrogen-bond acceptors (Lipinski definition) is 5. The quantitative estimate of drug-likeness (QED) is 0.331. The van der Waals surface area contributed by atoms with Gasteiger partial charge in [0, 0.05) is 42.8 Å². The van der Waals surface area contributed by atoms with E-state index in [4.69, 9.17) is 4.74 Å². The van der Waals surface area contributed by atoms with Crippen LogP contribution in [0.4, 0.5) is 0 Å². The Morgan fingerprint density at radius 1 is 0.500 bits per heavy atom. The first kappa shape index (κ1) is 51.3. The molecule has 0 amide bonds. The Labute approximate surface area is 290 Å². The van der Waals surface area contributed by atoms with E-state index in [1.807, 2.05) is 85.9 Å². The van der Waals surface area contributed by atoms with E-state index in [9.17, 15) is 0 Å². The third-order valence-corrected chi connectivity index (χ3v) is 6.78. The van der Waals surface area contributed by atoms with Crippen LogP contribution in [0.15, 0.2) is 42.6 Å². The van der Waals surface area contributed by atoms with Crippen LogP contribution in [0.1, 0.15) is 137 Å². The molecule has 5 heteroatoms. The minimum Gasteiger partial charge on any atom is -0.379 e. The molecule has 0 atom stereocenters. The van der Waals surface area contributed by atoms with Crippen molar-refractivity contribution < 1.29 is 4.74 Å². The molecule has 3 aliphatic heterocycles. The van der Waals surface area contributed by atoms with Crippen molar-refractivity contribution in [1.82, 2.24) is 19.7 Å². The number of fused-ring (bicyclic) bond motifs is 1. The van der Waals surface area contributed by atoms with Gasteiger partial charge in [0.05, 0.1) is 18.7 Å². The molecule has 0 unspecified atom stereocenters. The van der Waals surface area contributed by atoms with Crippen molar-refractivity contribution in [3.8, 4) is 0 Å². The van der Waals surface area contributed by atoms with Gasteiger partial charge < -0.3 is 14.5 Å². The zero-order chi connectivity index (χ0) is 36.3. The molecule has 0 aliphatic carbocycles. The summed E-state index contributed by atoms with van der Waals surface area (Å²) in [4.78, 5) is 11.6. The van der Waals surface area contributed by atoms with Gasteiger partial charge >= 0.3 is 0 Å². The van der Waals surface area contributed by atoms with Crippen LogP contribution in [-0.2, 0) is 4.74 Å². The third kappa shape index (κ3) is 29.8. The van der Waals surface area contributed by atoms with Gasteiger partial charge in [-0.1, -0.05) is 100 Å². The number of morpholine rings is 1. The predicted octanol–water partition coefficient (Wildman–Crippen LogP) is 11.3. The maximum absolute atomic E-state index is 5.21. The van der Waals surface area contributed by atoms with Crippen molar-refractivity contribution in [1.29, 1.82) is 0 Å². The second-order valence-electron chi connectivity index (χ2n) is 12.0. The van der Waals surface area contributed by atoms with Gasteiger partial charge in [0.1, 0.15) is 0 Å². The molecule has 46 heavy (non-hydrogen) atoms. The van der Waals surface area contributed by atoms with E-state index in [-0.39, 0.29) is 0 Å². The lowest BCUT2D eigenvalue weighted by molar-refractivity contribution is 0.0238. The van der Waals surface area contributed by atoms with Crippen LogP contribution in [0.5, 0.6) is 0 Å². The van der Waals surface area contributed by atoms with E-state index in [2.05, 4.69) is 94.1 Å². The van der Waals surface area contributed by atoms with E-state index in [1.54, 1.807) is 0 Å². The van der Waals surface area contributed by atoms with E-state index in [0.29, 0.717) is 6.04 Å². The molecule has 0 N–H and O–H groups in total. The van der Waals surface area contributed by atoms with Crippen molar-refractivity contribution >= 4 is 10.9 Å². The Bertz CT molecular complexity index is 741. The van der Waals surface area contributed by atoms with Crippen LogP contribution >= 0.6 is 0 Å². The molecule has 2 aromatic rings. The monoisotopic (exact) mass is 649 g/mol. The first-order valence-electron chi connectivity index (χ1n) is 19.2. The van der Waals surface area contributed by atoms with Gasteiger partial charge in [0.25, 0.3) is 0 Å². The number of benzene rings is 1. The van der Waals surface area contributed by atoms with E-state index >= 15 is 0 Å². The van der Waals surface area contributed by atoms with Crippen molar-refractivity contribution in [2.75, 3.05) is 52.5 Å². The van der Waals surface area contributed by atoms with Crippen LogP contribution in [0.2, 0.25) is 0 Å². The van der Waals surface area contributed by atoms with Gasteiger partial charge in [0.2, 0.25) is 0 Å². The highest BCUT2D eigenvalue weighted by molar-refractivity contribution is 5.77. The lowest BCUT2D eigenvalue weighted by Crippen LogP contribution is -2.41. The van der Waals surface area contributed by atoms with Crippen LogP contribution in [0, 0.1) is 5.92 Å². The van der Waals surface area contributed by atoms with Crippen molar-refractivity contribution in [2.24, 2.45) is 5.92 Å². The van der Waals surface area contributed by atoms with E-state index in [1.165, 1.54) is 50.8 Å². The fraction of sp³-hybridized carbons (Fsp3) is 0.780. The summed E-state index contributed by atoms with van der Waals surface area (Å²) in [7, 11) is 0. The number of likely N-dealkylation sites (tertiary alicyclic amines) is 2. The second kappa shape index (κ2) is 37.9. The summed E-state index contributed by atoms with van der Waals surface area (Å²) in [5.74, 6) is 0.833. The number of aromatic nitrogens is 1. The highest BCUT2D eigenvalue weighted by atomic mass is 16.5. The molecule has 0 radical (unpaired) electrons. The lowest BCUT2D eigenvalue weighted by Gasteiger charge is -2.34. The van der Waals surface area contributed by atoms with Crippen molar-refractivity contribution in [3.05, 3.63) is 42.6 Å². The van der Waals surface area contributed by atoms with Gasteiger partial charge in [0.15, 0.2) is 0 Å². The Morgan fingerprint density at radius 3 is 1.15 bits per heavy atom. The van der Waals surface area contributed by atoms with Gasteiger partial charge in [-0.3, -0.25) is 9.88 Å². The van der Waals surface area contributed by atoms with Crippen molar-refractivity contribution in [3.63, 3.8) is 0 Å². The maximum atomic E-state index is 5.21. The lowest BCUT2D eigenvalue weighted by atomic mass is 10.2. The van der Waals surface area contributed by atoms with Gasteiger partial charge in [-0.05, 0) is 105 Å². The molecule has 3 fully saturated rings. The van der Waals surface area contributed by atoms with Crippen LogP contribution in [-0.4, -0.2) is 90.3 Å². The summed E-state index contributed by atoms with van der Waals surface area (Å²) in [5, 5.41) is 1.20. The second-order valence-corrected chi connectivity index (χ2v) is 12.0. The SMILES string of the molecule is CC.CC.CC.CC.CC(C)C.CC(C)N1CCC1.CC(C)N1CCCC1.CC(C)N1CCOCC1.c1ccc2ncccc2c1. The Kier molecular flexibility index (Phi) is 42.3. The number of nitrogens with zero attached hydrogens (tertiary/aromatic N) is 4. The highest BCUT2D eigenvalue weighted by Gasteiger charge is 2.15. The molecule has 5 nitrogen and oxygen atoms in total. The molecule has 1 aromatic heterocycles. The Balaban J connectivity index is -0.000000231. The third-order valence-electron chi connectivity index (χ3n) is 6.78. The van der Waals surface area contributed by atoms with Gasteiger partial charge in [-0.25, -0.2) is 0 Å². The first-order valence-corrected chi connectivity index (χ1v) is 19.2. The minimum atomic E-state index is 0.689. The largest absolute Gasteiger partial charge is 0.379 e. The van der Waals surface area contributed by atoms with Crippen LogP contribution in [0.3, 0.4) is 0 Å². The van der Waals surface area contributed by atoms with Gasteiger partial charge in [-0.2, -0.15) is 0 Å². The normalized spacial score (nSPS) is 15.4. The molecule has 0 bridgehead atoms. The average molecular weight is 649 g/mol. The molecule has 274 valence electrons. The summed E-state index contributed by atoms with van der Waals surface area (Å²) in [6.45, 7) is 45.4. The standard InChI is InChI=1S/C9H7N.C7H15NO.C7H15N.C6H13N.C4H10.4C2H6/c1-2-6-9-8(4-1)5-3-7-10-9;1-7(2)8-3-5-9-6-4-8;1-7(2)8-5-3-4-6-8;1-6(2)7-4-3-5-7;1-4(2)3;4*1-2/h1-7H;7H,3-6H2,1-2H3;7H,3-6H2,1-2H3;6H,3-5H2,1-2H3;4H,1-3H3;4*1-2H3. The number of para-hydroxylation sites is 1. The summed E-state index contributed by atoms with van der Waals surface area (Å²) in [6.07, 6.45) is 6.05. The molecule has 3 aliphatic rings. The Morgan fingerprint density at radius 2 is 0.848 bits per heavy atom. The first-order chi connectivity index (χ1) is 22.1. The van der Waals surface area contributed by atoms with E-state index < -0.39 is 0 Å². The zero-order valence-electron chi connectivity index (χ0n) is 34.3. The summed E-state index contributed by atoms with van der Waals surface area (Å²) in [5.41, 5.74) is 1.06. The fourth-order valence-electron chi connectivity index (χ4n) is 4.23. The topological polar surface area (TPSA) is 31.8 Å². The molecular weight excluding hydrogens is 564 g/mol. The number of hydrogen-bond donors (Lipinski definition) is 0. The molecule has 0 spiro atoms. The fourth-order valence-corrected chi connectivity index (χ4v) is 4.23. The van der Waals surface area contributed by atoms with E-state index in [0.717, 1.165) is 49.8 Å². The number of pyridine rings is 1. The Hall–Kier alpha value is -1.53. The molecule has 5 rings (SSSR count). The smallest absolute Gasteiger partial charge is 0.0701 e. The van der Waals surface area contributed by atoms with Crippen LogP contribution in [0.25, 0.3) is 10.9 Å².